The molecule has 0 unspecified atom stereocenters. The summed E-state index contributed by atoms with van der Waals surface area (Å²) < 4.78 is 5.07. The van der Waals surface area contributed by atoms with Gasteiger partial charge >= 0.3 is 0 Å². The van der Waals surface area contributed by atoms with Gasteiger partial charge in [0.1, 0.15) is 0 Å². The van der Waals surface area contributed by atoms with E-state index in [0.717, 1.165) is 38.6 Å². The lowest BCUT2D eigenvalue weighted by Gasteiger charge is -2.24. The molecule has 0 aromatic heterocycles. The van der Waals surface area contributed by atoms with Crippen LogP contribution in [0, 0.1) is 6.92 Å². The first-order chi connectivity index (χ1) is 10.5. The number of hydrogen-bond acceptors (Lipinski definition) is 2. The van der Waals surface area contributed by atoms with Crippen LogP contribution in [-0.2, 0) is 10.2 Å². The van der Waals surface area contributed by atoms with Crippen LogP contribution in [0.15, 0.2) is 29.3 Å². The van der Waals surface area contributed by atoms with Crippen LogP contribution in [0.1, 0.15) is 38.3 Å². The number of guanidine groups is 1. The Morgan fingerprint density at radius 1 is 1.17 bits per heavy atom. The third-order valence-corrected chi connectivity index (χ3v) is 3.63. The van der Waals surface area contributed by atoms with Gasteiger partial charge in [0, 0.05) is 32.2 Å². The molecule has 0 saturated heterocycles. The minimum Gasteiger partial charge on any atom is -0.385 e. The summed E-state index contributed by atoms with van der Waals surface area (Å²) in [5.74, 6) is 0.874. The van der Waals surface area contributed by atoms with Crippen LogP contribution in [0.25, 0.3) is 0 Å². The minimum atomic E-state index is 0. The van der Waals surface area contributed by atoms with Crippen molar-refractivity contribution in [2.24, 2.45) is 4.99 Å². The van der Waals surface area contributed by atoms with Gasteiger partial charge in [0.15, 0.2) is 5.96 Å². The molecule has 1 aromatic rings. The number of aliphatic imine (C=N–C) groups is 1. The molecule has 132 valence electrons. The van der Waals surface area contributed by atoms with E-state index in [0.29, 0.717) is 0 Å². The number of nitrogens with zero attached hydrogens (tertiary/aromatic N) is 1. The zero-order chi connectivity index (χ0) is 16.4. The molecule has 0 aliphatic heterocycles. The summed E-state index contributed by atoms with van der Waals surface area (Å²) >= 11 is 0. The summed E-state index contributed by atoms with van der Waals surface area (Å²) in [7, 11) is 1.73. The summed E-state index contributed by atoms with van der Waals surface area (Å²) in [5.41, 5.74) is 2.62. The molecule has 0 radical (unpaired) electrons. The van der Waals surface area contributed by atoms with E-state index in [9.17, 15) is 0 Å². The molecule has 0 aliphatic carbocycles. The zero-order valence-corrected chi connectivity index (χ0v) is 17.4. The maximum absolute atomic E-state index is 5.07. The van der Waals surface area contributed by atoms with Gasteiger partial charge in [-0.3, -0.25) is 4.99 Å². The summed E-state index contributed by atoms with van der Waals surface area (Å²) in [5, 5.41) is 6.64. The average Bonchev–Trinajstić information content (AvgIpc) is 2.49. The SMILES string of the molecule is CCNC(=NCC(C)(C)c1ccc(C)cc1)NCCCOC.I. The van der Waals surface area contributed by atoms with Gasteiger partial charge in [-0.05, 0) is 25.8 Å². The van der Waals surface area contributed by atoms with E-state index < -0.39 is 0 Å². The van der Waals surface area contributed by atoms with Gasteiger partial charge < -0.3 is 15.4 Å². The van der Waals surface area contributed by atoms with E-state index in [2.05, 4.69) is 62.6 Å². The van der Waals surface area contributed by atoms with Gasteiger partial charge in [-0.1, -0.05) is 43.7 Å². The number of benzene rings is 1. The van der Waals surface area contributed by atoms with Crippen LogP contribution in [0.2, 0.25) is 0 Å². The maximum atomic E-state index is 5.07. The summed E-state index contributed by atoms with van der Waals surface area (Å²) in [6, 6.07) is 8.72. The molecule has 0 amide bonds. The van der Waals surface area contributed by atoms with Crippen molar-refractivity contribution in [3.05, 3.63) is 35.4 Å². The van der Waals surface area contributed by atoms with E-state index in [1.165, 1.54) is 11.1 Å². The zero-order valence-electron chi connectivity index (χ0n) is 15.1. The number of hydrogen-bond donors (Lipinski definition) is 2. The minimum absolute atomic E-state index is 0. The third-order valence-electron chi connectivity index (χ3n) is 3.63. The van der Waals surface area contributed by atoms with Crippen molar-refractivity contribution in [3.63, 3.8) is 0 Å². The molecular formula is C18H32IN3O. The number of aryl methyl sites for hydroxylation is 1. The van der Waals surface area contributed by atoms with Crippen LogP contribution in [0.3, 0.4) is 0 Å². The van der Waals surface area contributed by atoms with Crippen LogP contribution in [0.5, 0.6) is 0 Å². The second-order valence-electron chi connectivity index (χ2n) is 6.22. The molecule has 0 spiro atoms. The monoisotopic (exact) mass is 433 g/mol. The van der Waals surface area contributed by atoms with Crippen molar-refractivity contribution >= 4 is 29.9 Å². The van der Waals surface area contributed by atoms with E-state index in [1.54, 1.807) is 7.11 Å². The third kappa shape index (κ3) is 8.55. The van der Waals surface area contributed by atoms with Gasteiger partial charge in [0.05, 0.1) is 6.54 Å². The lowest BCUT2D eigenvalue weighted by atomic mass is 9.84. The number of rotatable bonds is 8. The number of nitrogens with one attached hydrogen (secondary N) is 2. The Morgan fingerprint density at radius 3 is 2.39 bits per heavy atom. The molecule has 0 aliphatic rings. The first kappa shape index (κ1) is 22.2. The van der Waals surface area contributed by atoms with Crippen molar-refractivity contribution in [1.82, 2.24) is 10.6 Å². The molecule has 1 aromatic carbocycles. The Labute approximate surface area is 158 Å². The van der Waals surface area contributed by atoms with E-state index >= 15 is 0 Å². The Kier molecular flexibility index (Phi) is 11.3. The van der Waals surface area contributed by atoms with Gasteiger partial charge in [-0.15, -0.1) is 24.0 Å². The quantitative estimate of drug-likeness (QED) is 0.286. The van der Waals surface area contributed by atoms with Crippen LogP contribution < -0.4 is 10.6 Å². The Balaban J connectivity index is 0.00000484. The molecular weight excluding hydrogens is 401 g/mol. The smallest absolute Gasteiger partial charge is 0.191 e. The summed E-state index contributed by atoms with van der Waals surface area (Å²) in [4.78, 5) is 4.74. The van der Waals surface area contributed by atoms with Crippen molar-refractivity contribution in [2.45, 2.75) is 39.5 Å². The maximum Gasteiger partial charge on any atom is 0.191 e. The molecule has 0 atom stereocenters. The molecule has 0 fully saturated rings. The highest BCUT2D eigenvalue weighted by Crippen LogP contribution is 2.23. The van der Waals surface area contributed by atoms with Crippen molar-refractivity contribution < 1.29 is 4.74 Å². The predicted molar refractivity (Wildman–Crippen MR) is 110 cm³/mol. The van der Waals surface area contributed by atoms with Crippen LogP contribution in [0.4, 0.5) is 0 Å². The van der Waals surface area contributed by atoms with Crippen LogP contribution >= 0.6 is 24.0 Å². The fourth-order valence-electron chi connectivity index (χ4n) is 2.14. The molecule has 5 heteroatoms. The second-order valence-corrected chi connectivity index (χ2v) is 6.22. The lowest BCUT2D eigenvalue weighted by molar-refractivity contribution is 0.195. The van der Waals surface area contributed by atoms with Gasteiger partial charge in [0.25, 0.3) is 0 Å². The summed E-state index contributed by atoms with van der Waals surface area (Å²) in [6.07, 6.45) is 0.974. The first-order valence-electron chi connectivity index (χ1n) is 8.08. The fourth-order valence-corrected chi connectivity index (χ4v) is 2.14. The Morgan fingerprint density at radius 2 is 1.83 bits per heavy atom. The molecule has 23 heavy (non-hydrogen) atoms. The van der Waals surface area contributed by atoms with E-state index in [4.69, 9.17) is 9.73 Å². The van der Waals surface area contributed by atoms with Gasteiger partial charge in [0.2, 0.25) is 0 Å². The largest absolute Gasteiger partial charge is 0.385 e. The molecule has 1 rings (SSSR count). The standard InChI is InChI=1S/C18H31N3O.HI/c1-6-19-17(20-12-7-13-22-5)21-14-18(3,4)16-10-8-15(2)9-11-16;/h8-11H,6-7,12-14H2,1-5H3,(H2,19,20,21);1H. The molecule has 0 bridgehead atoms. The predicted octanol–water partition coefficient (Wildman–Crippen LogP) is 3.48. The summed E-state index contributed by atoms with van der Waals surface area (Å²) in [6.45, 7) is 11.9. The average molecular weight is 433 g/mol. The lowest BCUT2D eigenvalue weighted by Crippen LogP contribution is -2.39. The van der Waals surface area contributed by atoms with Gasteiger partial charge in [-0.2, -0.15) is 0 Å². The number of halogens is 1. The molecule has 0 heterocycles. The topological polar surface area (TPSA) is 45.7 Å². The highest BCUT2D eigenvalue weighted by molar-refractivity contribution is 14.0. The number of methoxy groups -OCH3 is 1. The molecule has 0 saturated carbocycles. The molecule has 2 N–H and O–H groups in total. The van der Waals surface area contributed by atoms with Crippen molar-refractivity contribution in [2.75, 3.05) is 33.4 Å². The molecule has 4 nitrogen and oxygen atoms in total. The van der Waals surface area contributed by atoms with E-state index in [1.807, 2.05) is 0 Å². The van der Waals surface area contributed by atoms with Gasteiger partial charge in [-0.25, -0.2) is 0 Å². The first-order valence-corrected chi connectivity index (χ1v) is 8.08. The van der Waals surface area contributed by atoms with Crippen molar-refractivity contribution in [3.8, 4) is 0 Å². The number of ether oxygens (including phenoxy) is 1. The van der Waals surface area contributed by atoms with Crippen LogP contribution in [-0.4, -0.2) is 39.3 Å². The Bertz CT molecular complexity index is 458. The normalized spacial score (nSPS) is 11.8. The van der Waals surface area contributed by atoms with E-state index in [-0.39, 0.29) is 29.4 Å². The fraction of sp³-hybridized carbons (Fsp3) is 0.611. The highest BCUT2D eigenvalue weighted by atomic mass is 127. The highest BCUT2D eigenvalue weighted by Gasteiger charge is 2.20. The Hall–Kier alpha value is -0.820. The second kappa shape index (κ2) is 11.7. The van der Waals surface area contributed by atoms with Crippen molar-refractivity contribution in [1.29, 1.82) is 0 Å².